The molecule has 3 heteroatoms. The van der Waals surface area contributed by atoms with Crippen LogP contribution in [-0.2, 0) is 14.3 Å². The molecule has 0 radical (unpaired) electrons. The molecule has 4 rings (SSSR count). The number of fused-ring (bicyclic) bond motifs is 5. The molecule has 0 N–H and O–H groups in total. The molecule has 4 saturated carbocycles. The van der Waals surface area contributed by atoms with E-state index in [-0.39, 0.29) is 17.5 Å². The highest BCUT2D eigenvalue weighted by Crippen LogP contribution is 2.67. The Balaban J connectivity index is 1.54. The fourth-order valence-electron chi connectivity index (χ4n) is 8.23. The summed E-state index contributed by atoms with van der Waals surface area (Å²) in [5.74, 6) is 3.68. The van der Waals surface area contributed by atoms with E-state index in [1.165, 1.54) is 45.4 Å². The van der Waals surface area contributed by atoms with E-state index in [2.05, 4.69) is 13.8 Å². The van der Waals surface area contributed by atoms with Crippen LogP contribution in [0, 0.1) is 40.4 Å². The van der Waals surface area contributed by atoms with Gasteiger partial charge in [0, 0.05) is 12.8 Å². The number of esters is 1. The van der Waals surface area contributed by atoms with E-state index in [1.807, 2.05) is 6.92 Å². The molecule has 0 heterocycles. The zero-order valence-electron chi connectivity index (χ0n) is 17.1. The molecule has 0 amide bonds. The van der Waals surface area contributed by atoms with Crippen molar-refractivity contribution in [2.24, 2.45) is 40.4 Å². The molecule has 0 aromatic rings. The second-order valence-corrected chi connectivity index (χ2v) is 10.4. The van der Waals surface area contributed by atoms with Crippen LogP contribution >= 0.6 is 0 Å². The van der Waals surface area contributed by atoms with Crippen molar-refractivity contribution >= 4 is 11.8 Å². The van der Waals surface area contributed by atoms with Crippen LogP contribution in [0.5, 0.6) is 0 Å². The van der Waals surface area contributed by atoms with Crippen LogP contribution in [0.25, 0.3) is 0 Å². The molecule has 4 aliphatic carbocycles. The lowest BCUT2D eigenvalue weighted by Crippen LogP contribution is -2.54. The molecule has 0 aromatic heterocycles. The van der Waals surface area contributed by atoms with Crippen molar-refractivity contribution in [2.45, 2.75) is 91.6 Å². The first-order valence-corrected chi connectivity index (χ1v) is 10.9. The number of ether oxygens (including phenoxy) is 1. The monoisotopic (exact) mass is 360 g/mol. The minimum atomic E-state index is -0.123. The minimum absolute atomic E-state index is 0.123. The van der Waals surface area contributed by atoms with E-state index in [0.29, 0.717) is 23.0 Å². The van der Waals surface area contributed by atoms with Gasteiger partial charge in [-0.25, -0.2) is 0 Å². The van der Waals surface area contributed by atoms with Gasteiger partial charge >= 0.3 is 5.97 Å². The quantitative estimate of drug-likeness (QED) is 0.638. The highest BCUT2D eigenvalue weighted by Gasteiger charge is 2.60. The van der Waals surface area contributed by atoms with Crippen LogP contribution in [-0.4, -0.2) is 17.9 Å². The molecule has 0 aromatic carbocycles. The molecule has 8 atom stereocenters. The number of carbonyl (C=O) groups excluding carboxylic acids is 2. The van der Waals surface area contributed by atoms with Crippen LogP contribution in [0.4, 0.5) is 0 Å². The standard InChI is InChI=1S/C23H36O3/c1-14(24)19-7-8-20-18-6-5-16-13-17(26-15(2)25)9-11-22(16,3)21(18)10-12-23(19,20)4/h16-21H,5-13H2,1-4H3/t16-,17-,18+,19+,20+,21+,22-,23-/m1/s1. The van der Waals surface area contributed by atoms with Crippen molar-refractivity contribution < 1.29 is 14.3 Å². The number of rotatable bonds is 2. The van der Waals surface area contributed by atoms with E-state index in [0.717, 1.165) is 37.0 Å². The maximum Gasteiger partial charge on any atom is 0.302 e. The average molecular weight is 361 g/mol. The highest BCUT2D eigenvalue weighted by atomic mass is 16.5. The summed E-state index contributed by atoms with van der Waals surface area (Å²) in [6.45, 7) is 8.33. The number of carbonyl (C=O) groups is 2. The molecule has 0 bridgehead atoms. The summed E-state index contributed by atoms with van der Waals surface area (Å²) in [5, 5.41) is 0. The molecule has 0 saturated heterocycles. The van der Waals surface area contributed by atoms with Crippen LogP contribution in [0.2, 0.25) is 0 Å². The van der Waals surface area contributed by atoms with E-state index >= 15 is 0 Å². The Hall–Kier alpha value is -0.860. The summed E-state index contributed by atoms with van der Waals surface area (Å²) in [6.07, 6.45) is 11.0. The van der Waals surface area contributed by atoms with Crippen LogP contribution in [0.3, 0.4) is 0 Å². The highest BCUT2D eigenvalue weighted by molar-refractivity contribution is 5.79. The molecular weight excluding hydrogens is 324 g/mol. The Morgan fingerprint density at radius 1 is 0.846 bits per heavy atom. The second kappa shape index (κ2) is 6.34. The fraction of sp³-hybridized carbons (Fsp3) is 0.913. The van der Waals surface area contributed by atoms with E-state index in [9.17, 15) is 9.59 Å². The van der Waals surface area contributed by atoms with Gasteiger partial charge in [0.15, 0.2) is 0 Å². The van der Waals surface area contributed by atoms with Gasteiger partial charge in [-0.15, -0.1) is 0 Å². The topological polar surface area (TPSA) is 43.4 Å². The summed E-state index contributed by atoms with van der Waals surface area (Å²) < 4.78 is 5.57. The maximum absolute atomic E-state index is 12.2. The van der Waals surface area contributed by atoms with Crippen LogP contribution in [0.1, 0.15) is 85.5 Å². The minimum Gasteiger partial charge on any atom is -0.463 e. The molecule has 4 fully saturated rings. The van der Waals surface area contributed by atoms with Gasteiger partial charge < -0.3 is 4.74 Å². The molecule has 0 spiro atoms. The summed E-state index contributed by atoms with van der Waals surface area (Å²) in [7, 11) is 0. The van der Waals surface area contributed by atoms with Crippen LogP contribution < -0.4 is 0 Å². The van der Waals surface area contributed by atoms with Gasteiger partial charge in [0.2, 0.25) is 0 Å². The zero-order valence-corrected chi connectivity index (χ0v) is 17.1. The molecule has 146 valence electrons. The lowest BCUT2D eigenvalue weighted by molar-refractivity contribution is -0.161. The van der Waals surface area contributed by atoms with Crippen LogP contribution in [0.15, 0.2) is 0 Å². The first kappa shape index (κ1) is 18.5. The van der Waals surface area contributed by atoms with Gasteiger partial charge in [-0.2, -0.15) is 0 Å². The van der Waals surface area contributed by atoms with Crippen molar-refractivity contribution in [1.29, 1.82) is 0 Å². The summed E-state index contributed by atoms with van der Waals surface area (Å²) in [6, 6.07) is 0. The maximum atomic E-state index is 12.2. The first-order valence-electron chi connectivity index (χ1n) is 10.9. The van der Waals surface area contributed by atoms with Crippen molar-refractivity contribution in [3.8, 4) is 0 Å². The summed E-state index contributed by atoms with van der Waals surface area (Å²) in [4.78, 5) is 23.6. The third-order valence-corrected chi connectivity index (χ3v) is 9.44. The molecule has 3 nitrogen and oxygen atoms in total. The van der Waals surface area contributed by atoms with Gasteiger partial charge in [-0.3, -0.25) is 9.59 Å². The zero-order chi connectivity index (χ0) is 18.7. The first-order chi connectivity index (χ1) is 12.3. The predicted octanol–water partition coefficient (Wildman–Crippen LogP) is 5.17. The molecule has 4 aliphatic rings. The van der Waals surface area contributed by atoms with Crippen molar-refractivity contribution in [1.82, 2.24) is 0 Å². The largest absolute Gasteiger partial charge is 0.463 e. The smallest absolute Gasteiger partial charge is 0.302 e. The number of Topliss-reactive ketones (excluding diaryl/α,β-unsaturated/α-hetero) is 1. The molecule has 26 heavy (non-hydrogen) atoms. The third kappa shape index (κ3) is 2.67. The Kier molecular flexibility index (Phi) is 4.51. The summed E-state index contributed by atoms with van der Waals surface area (Å²) in [5.41, 5.74) is 0.667. The number of ketones is 1. The Bertz CT molecular complexity index is 598. The Labute approximate surface area is 158 Å². The normalized spacial score (nSPS) is 50.3. The van der Waals surface area contributed by atoms with Gasteiger partial charge in [0.05, 0.1) is 0 Å². The molecular formula is C23H36O3. The van der Waals surface area contributed by atoms with E-state index in [4.69, 9.17) is 4.74 Å². The third-order valence-electron chi connectivity index (χ3n) is 9.44. The SMILES string of the molecule is CC(=O)O[C@@H]1CC[C@]2(C)[C@H](CC[C@@H]3[C@@H]2CC[C@]2(C)[C@H](C(C)=O)CC[C@@H]32)C1. The van der Waals surface area contributed by atoms with Crippen molar-refractivity contribution in [2.75, 3.05) is 0 Å². The average Bonchev–Trinajstić information content (AvgIpc) is 2.92. The second-order valence-electron chi connectivity index (χ2n) is 10.4. The van der Waals surface area contributed by atoms with Gasteiger partial charge in [-0.05, 0) is 99.2 Å². The van der Waals surface area contributed by atoms with Gasteiger partial charge in [0.25, 0.3) is 0 Å². The Morgan fingerprint density at radius 2 is 1.54 bits per heavy atom. The molecule has 0 aliphatic heterocycles. The fourth-order valence-corrected chi connectivity index (χ4v) is 8.23. The van der Waals surface area contributed by atoms with Gasteiger partial charge in [-0.1, -0.05) is 13.8 Å². The van der Waals surface area contributed by atoms with E-state index < -0.39 is 0 Å². The number of hydrogen-bond acceptors (Lipinski definition) is 3. The lowest BCUT2D eigenvalue weighted by atomic mass is 9.44. The van der Waals surface area contributed by atoms with Crippen molar-refractivity contribution in [3.05, 3.63) is 0 Å². The number of hydrogen-bond donors (Lipinski definition) is 0. The van der Waals surface area contributed by atoms with E-state index in [1.54, 1.807) is 0 Å². The van der Waals surface area contributed by atoms with Gasteiger partial charge in [0.1, 0.15) is 11.9 Å². The summed E-state index contributed by atoms with van der Waals surface area (Å²) >= 11 is 0. The lowest BCUT2D eigenvalue weighted by Gasteiger charge is -2.61. The predicted molar refractivity (Wildman–Crippen MR) is 101 cm³/mol. The Morgan fingerprint density at radius 3 is 2.23 bits per heavy atom. The van der Waals surface area contributed by atoms with Crippen molar-refractivity contribution in [3.63, 3.8) is 0 Å². The molecule has 0 unspecified atom stereocenters.